The van der Waals surface area contributed by atoms with Crippen molar-refractivity contribution in [3.8, 4) is 44.9 Å². The van der Waals surface area contributed by atoms with Gasteiger partial charge in [-0.05, 0) is 148 Å². The number of rotatable bonds is 9. The van der Waals surface area contributed by atoms with Crippen molar-refractivity contribution in [2.45, 2.75) is 103 Å². The Labute approximate surface area is 310 Å². The Morgan fingerprint density at radius 3 is 1.54 bits per heavy atom. The average Bonchev–Trinajstić information content (AvgIpc) is 3.19. The Morgan fingerprint density at radius 1 is 0.462 bits per heavy atom. The van der Waals surface area contributed by atoms with Crippen molar-refractivity contribution in [3.63, 3.8) is 0 Å². The van der Waals surface area contributed by atoms with Gasteiger partial charge in [-0.3, -0.25) is 0 Å². The van der Waals surface area contributed by atoms with Crippen LogP contribution in [0.3, 0.4) is 0 Å². The third-order valence-electron chi connectivity index (χ3n) is 12.8. The summed E-state index contributed by atoms with van der Waals surface area (Å²) >= 11 is 0. The minimum Gasteiger partial charge on any atom is -0.507 e. The highest BCUT2D eigenvalue weighted by Crippen LogP contribution is 2.47. The molecular weight excluding hydrogens is 633 g/mol. The number of hydrogen-bond donors (Lipinski definition) is 2. The van der Waals surface area contributed by atoms with Gasteiger partial charge in [0.1, 0.15) is 11.5 Å². The normalized spacial score (nSPS) is 20.7. The fraction of sp³-hybridized carbons (Fsp3) is 0.360. The fourth-order valence-electron chi connectivity index (χ4n) is 9.88. The SMILES string of the molecule is CCCC1CCC(c2ccc(-c3ccc4ccc(O)c(-c5c(O)ccc6c(-c7ccc(C8CCC(CCC)CC8)cc7)cccc56)c4c3)cc2)CC1. The molecule has 0 bridgehead atoms. The second kappa shape index (κ2) is 15.2. The van der Waals surface area contributed by atoms with E-state index in [0.29, 0.717) is 23.0 Å². The third kappa shape index (κ3) is 6.85. The molecule has 2 N–H and O–H groups in total. The smallest absolute Gasteiger partial charge is 0.124 e. The average molecular weight is 687 g/mol. The van der Waals surface area contributed by atoms with Crippen molar-refractivity contribution in [2.75, 3.05) is 0 Å². The molecule has 2 aliphatic rings. The highest BCUT2D eigenvalue weighted by Gasteiger charge is 2.24. The van der Waals surface area contributed by atoms with E-state index in [-0.39, 0.29) is 11.5 Å². The van der Waals surface area contributed by atoms with Crippen LogP contribution in [0.1, 0.15) is 114 Å². The molecule has 0 aliphatic heterocycles. The molecule has 0 saturated heterocycles. The summed E-state index contributed by atoms with van der Waals surface area (Å²) in [4.78, 5) is 0. The van der Waals surface area contributed by atoms with Gasteiger partial charge in [-0.15, -0.1) is 0 Å². The van der Waals surface area contributed by atoms with E-state index in [1.54, 1.807) is 12.1 Å². The van der Waals surface area contributed by atoms with Crippen molar-refractivity contribution >= 4 is 21.5 Å². The fourth-order valence-corrected chi connectivity index (χ4v) is 9.88. The van der Waals surface area contributed by atoms with Gasteiger partial charge in [-0.25, -0.2) is 0 Å². The van der Waals surface area contributed by atoms with Crippen LogP contribution in [0, 0.1) is 11.8 Å². The molecule has 0 amide bonds. The first kappa shape index (κ1) is 34.5. The van der Waals surface area contributed by atoms with Crippen molar-refractivity contribution < 1.29 is 10.2 Å². The molecular formula is C50H54O2. The van der Waals surface area contributed by atoms with E-state index >= 15 is 0 Å². The van der Waals surface area contributed by atoms with Gasteiger partial charge in [-0.2, -0.15) is 0 Å². The molecule has 2 fully saturated rings. The molecule has 8 rings (SSSR count). The maximum absolute atomic E-state index is 11.5. The second-order valence-corrected chi connectivity index (χ2v) is 16.0. The Hall–Kier alpha value is -4.56. The topological polar surface area (TPSA) is 40.5 Å². The summed E-state index contributed by atoms with van der Waals surface area (Å²) in [5, 5.41) is 27.0. The van der Waals surface area contributed by atoms with E-state index < -0.39 is 0 Å². The minimum atomic E-state index is 0.171. The van der Waals surface area contributed by atoms with E-state index in [1.165, 1.54) is 99.3 Å². The molecule has 0 radical (unpaired) electrons. The zero-order chi connectivity index (χ0) is 35.6. The molecule has 2 nitrogen and oxygen atoms in total. The van der Waals surface area contributed by atoms with Crippen LogP contribution in [-0.2, 0) is 0 Å². The molecule has 266 valence electrons. The van der Waals surface area contributed by atoms with Crippen LogP contribution in [0.25, 0.3) is 54.9 Å². The maximum Gasteiger partial charge on any atom is 0.124 e. The van der Waals surface area contributed by atoms with Crippen molar-refractivity contribution in [2.24, 2.45) is 11.8 Å². The van der Waals surface area contributed by atoms with Crippen LogP contribution in [0.2, 0.25) is 0 Å². The molecule has 2 saturated carbocycles. The third-order valence-corrected chi connectivity index (χ3v) is 12.8. The first-order valence-corrected chi connectivity index (χ1v) is 20.2. The van der Waals surface area contributed by atoms with Gasteiger partial charge < -0.3 is 10.2 Å². The summed E-state index contributed by atoms with van der Waals surface area (Å²) in [6.07, 6.45) is 15.9. The Morgan fingerprint density at radius 2 is 0.962 bits per heavy atom. The van der Waals surface area contributed by atoms with Crippen LogP contribution >= 0.6 is 0 Å². The zero-order valence-corrected chi connectivity index (χ0v) is 31.1. The van der Waals surface area contributed by atoms with E-state index in [4.69, 9.17) is 0 Å². The standard InChI is InChI=1S/C50H54O2/c1-3-6-33-10-14-35(15-11-33)37-18-20-39(21-19-37)42-27-26-41-28-30-47(51)50(46(41)32-42)49-45-9-5-8-43(44(45)29-31-48(49)52)40-24-22-38(23-25-40)36-16-12-34(7-4-2)13-17-36/h5,8-9,18-36,51-52H,3-4,6-7,10-17H2,1-2H3. The van der Waals surface area contributed by atoms with Crippen LogP contribution < -0.4 is 0 Å². The first-order chi connectivity index (χ1) is 25.5. The molecule has 6 aromatic carbocycles. The van der Waals surface area contributed by atoms with Crippen LogP contribution in [0.5, 0.6) is 11.5 Å². The van der Waals surface area contributed by atoms with Gasteiger partial charge in [0.2, 0.25) is 0 Å². The highest BCUT2D eigenvalue weighted by atomic mass is 16.3. The van der Waals surface area contributed by atoms with Gasteiger partial charge in [-0.1, -0.05) is 131 Å². The highest BCUT2D eigenvalue weighted by molar-refractivity contribution is 6.13. The predicted octanol–water partition coefficient (Wildman–Crippen LogP) is 14.6. The molecule has 0 aromatic heterocycles. The number of aromatic hydroxyl groups is 2. The van der Waals surface area contributed by atoms with Gasteiger partial charge in [0.05, 0.1) is 0 Å². The monoisotopic (exact) mass is 686 g/mol. The molecule has 0 spiro atoms. The van der Waals surface area contributed by atoms with Crippen molar-refractivity contribution in [3.05, 3.63) is 120 Å². The largest absolute Gasteiger partial charge is 0.507 e. The van der Waals surface area contributed by atoms with Crippen molar-refractivity contribution in [1.82, 2.24) is 0 Å². The number of fused-ring (bicyclic) bond motifs is 2. The van der Waals surface area contributed by atoms with Crippen LogP contribution in [0.4, 0.5) is 0 Å². The Bertz CT molecular complexity index is 2130. The summed E-state index contributed by atoms with van der Waals surface area (Å²) in [6, 6.07) is 38.8. The predicted molar refractivity (Wildman–Crippen MR) is 220 cm³/mol. The van der Waals surface area contributed by atoms with Crippen LogP contribution in [-0.4, -0.2) is 10.2 Å². The second-order valence-electron chi connectivity index (χ2n) is 16.0. The zero-order valence-electron chi connectivity index (χ0n) is 31.1. The molecule has 2 aliphatic carbocycles. The van der Waals surface area contributed by atoms with Gasteiger partial charge >= 0.3 is 0 Å². The van der Waals surface area contributed by atoms with Gasteiger partial charge in [0.15, 0.2) is 0 Å². The summed E-state index contributed by atoms with van der Waals surface area (Å²) in [7, 11) is 0. The summed E-state index contributed by atoms with van der Waals surface area (Å²) < 4.78 is 0. The molecule has 0 atom stereocenters. The minimum absolute atomic E-state index is 0.171. The number of phenolic OH excluding ortho intramolecular Hbond substituents is 2. The summed E-state index contributed by atoms with van der Waals surface area (Å²) in [5.74, 6) is 3.48. The first-order valence-electron chi connectivity index (χ1n) is 20.2. The molecule has 2 heteroatoms. The lowest BCUT2D eigenvalue weighted by atomic mass is 9.77. The quantitative estimate of drug-likeness (QED) is 0.159. The van der Waals surface area contributed by atoms with E-state index in [2.05, 4.69) is 98.8 Å². The lowest BCUT2D eigenvalue weighted by molar-refractivity contribution is 0.308. The Kier molecular flexibility index (Phi) is 10.1. The van der Waals surface area contributed by atoms with Gasteiger partial charge in [0, 0.05) is 11.1 Å². The summed E-state index contributed by atoms with van der Waals surface area (Å²) in [6.45, 7) is 4.61. The lowest BCUT2D eigenvalue weighted by Crippen LogP contribution is -2.13. The molecule has 52 heavy (non-hydrogen) atoms. The molecule has 0 heterocycles. The van der Waals surface area contributed by atoms with Crippen LogP contribution in [0.15, 0.2) is 109 Å². The van der Waals surface area contributed by atoms with Crippen molar-refractivity contribution in [1.29, 1.82) is 0 Å². The van der Waals surface area contributed by atoms with E-state index in [1.807, 2.05) is 12.1 Å². The molecule has 0 unspecified atom stereocenters. The van der Waals surface area contributed by atoms with E-state index in [9.17, 15) is 10.2 Å². The van der Waals surface area contributed by atoms with Gasteiger partial charge in [0.25, 0.3) is 0 Å². The Balaban J connectivity index is 1.12. The number of benzene rings is 6. The molecule has 6 aromatic rings. The maximum atomic E-state index is 11.5. The number of hydrogen-bond acceptors (Lipinski definition) is 2. The summed E-state index contributed by atoms with van der Waals surface area (Å²) in [5.41, 5.74) is 8.85. The number of phenols is 2. The lowest BCUT2D eigenvalue weighted by Gasteiger charge is -2.28. The van der Waals surface area contributed by atoms with E-state index in [0.717, 1.165) is 44.5 Å².